The zero-order chi connectivity index (χ0) is 8.39. The predicted octanol–water partition coefficient (Wildman–Crippen LogP) is 1.02. The lowest BCUT2D eigenvalue weighted by Crippen LogP contribution is -2.31. The smallest absolute Gasteiger partial charge is 0.0946 e. The monoisotopic (exact) mass is 165 g/mol. The molecule has 1 atom stereocenters. The van der Waals surface area contributed by atoms with Crippen molar-refractivity contribution < 1.29 is 0 Å². The van der Waals surface area contributed by atoms with Crippen molar-refractivity contribution in [1.82, 2.24) is 14.9 Å². The van der Waals surface area contributed by atoms with Crippen LogP contribution in [0.5, 0.6) is 0 Å². The van der Waals surface area contributed by atoms with E-state index in [0.29, 0.717) is 6.04 Å². The standard InChI is InChI=1S/C9H15N3/c1-8(11-9-2-3-9)6-12-5-4-10-7-12/h4-5,7-9,11H,2-3,6H2,1H3. The molecule has 1 aromatic rings. The van der Waals surface area contributed by atoms with Gasteiger partial charge in [0.05, 0.1) is 6.33 Å². The first kappa shape index (κ1) is 7.80. The Balaban J connectivity index is 1.77. The SMILES string of the molecule is CC(Cn1ccnc1)NC1CC1. The molecule has 0 bridgehead atoms. The highest BCUT2D eigenvalue weighted by atomic mass is 15.1. The van der Waals surface area contributed by atoms with Gasteiger partial charge in [-0.25, -0.2) is 4.98 Å². The van der Waals surface area contributed by atoms with Crippen molar-refractivity contribution in [1.29, 1.82) is 0 Å². The van der Waals surface area contributed by atoms with Crippen molar-refractivity contribution in [3.8, 4) is 0 Å². The summed E-state index contributed by atoms with van der Waals surface area (Å²) in [6.07, 6.45) is 8.41. The van der Waals surface area contributed by atoms with E-state index in [1.165, 1.54) is 12.8 Å². The fourth-order valence-corrected chi connectivity index (χ4v) is 1.42. The van der Waals surface area contributed by atoms with Crippen molar-refractivity contribution in [3.63, 3.8) is 0 Å². The fourth-order valence-electron chi connectivity index (χ4n) is 1.42. The maximum atomic E-state index is 4.01. The highest BCUT2D eigenvalue weighted by molar-refractivity contribution is 4.84. The van der Waals surface area contributed by atoms with Crippen LogP contribution in [0.15, 0.2) is 18.7 Å². The molecule has 1 aliphatic rings. The molecule has 0 spiro atoms. The van der Waals surface area contributed by atoms with Crippen molar-refractivity contribution >= 4 is 0 Å². The van der Waals surface area contributed by atoms with Crippen molar-refractivity contribution in [3.05, 3.63) is 18.7 Å². The molecule has 1 fully saturated rings. The van der Waals surface area contributed by atoms with Crippen LogP contribution >= 0.6 is 0 Å². The fraction of sp³-hybridized carbons (Fsp3) is 0.667. The first-order valence-corrected chi connectivity index (χ1v) is 4.56. The maximum absolute atomic E-state index is 4.01. The van der Waals surface area contributed by atoms with Gasteiger partial charge >= 0.3 is 0 Å². The predicted molar refractivity (Wildman–Crippen MR) is 47.8 cm³/mol. The molecule has 1 aliphatic carbocycles. The molecule has 0 saturated heterocycles. The Morgan fingerprint density at radius 3 is 3.08 bits per heavy atom. The zero-order valence-electron chi connectivity index (χ0n) is 7.40. The Labute approximate surface area is 72.8 Å². The molecule has 2 rings (SSSR count). The van der Waals surface area contributed by atoms with E-state index >= 15 is 0 Å². The summed E-state index contributed by atoms with van der Waals surface area (Å²) in [5, 5.41) is 3.54. The summed E-state index contributed by atoms with van der Waals surface area (Å²) in [5.41, 5.74) is 0. The van der Waals surface area contributed by atoms with Crippen molar-refractivity contribution in [2.75, 3.05) is 0 Å². The third-order valence-electron chi connectivity index (χ3n) is 2.14. The number of rotatable bonds is 4. The van der Waals surface area contributed by atoms with Gasteiger partial charge in [-0.3, -0.25) is 0 Å². The molecule has 12 heavy (non-hydrogen) atoms. The van der Waals surface area contributed by atoms with Gasteiger partial charge in [-0.1, -0.05) is 0 Å². The van der Waals surface area contributed by atoms with Gasteiger partial charge in [-0.15, -0.1) is 0 Å². The van der Waals surface area contributed by atoms with Gasteiger partial charge in [0.2, 0.25) is 0 Å². The molecule has 0 amide bonds. The number of imidazole rings is 1. The quantitative estimate of drug-likeness (QED) is 0.722. The Bertz CT molecular complexity index is 226. The van der Waals surface area contributed by atoms with Crippen LogP contribution in [0.1, 0.15) is 19.8 Å². The van der Waals surface area contributed by atoms with Crippen LogP contribution in [0.25, 0.3) is 0 Å². The average Bonchev–Trinajstić information content (AvgIpc) is 2.66. The molecule has 1 unspecified atom stereocenters. The second kappa shape index (κ2) is 3.27. The minimum Gasteiger partial charge on any atom is -0.336 e. The van der Waals surface area contributed by atoms with Gasteiger partial charge < -0.3 is 9.88 Å². The third-order valence-corrected chi connectivity index (χ3v) is 2.14. The number of aromatic nitrogens is 2. The second-order valence-electron chi connectivity index (χ2n) is 3.60. The Morgan fingerprint density at radius 1 is 1.67 bits per heavy atom. The van der Waals surface area contributed by atoms with E-state index in [1.807, 2.05) is 18.7 Å². The summed E-state index contributed by atoms with van der Waals surface area (Å²) in [6, 6.07) is 1.36. The van der Waals surface area contributed by atoms with E-state index in [9.17, 15) is 0 Å². The van der Waals surface area contributed by atoms with E-state index in [-0.39, 0.29) is 0 Å². The van der Waals surface area contributed by atoms with E-state index in [0.717, 1.165) is 12.6 Å². The Morgan fingerprint density at radius 2 is 2.50 bits per heavy atom. The molecule has 3 nitrogen and oxygen atoms in total. The van der Waals surface area contributed by atoms with Crippen LogP contribution in [-0.2, 0) is 6.54 Å². The first-order valence-electron chi connectivity index (χ1n) is 4.56. The van der Waals surface area contributed by atoms with Gasteiger partial charge in [-0.05, 0) is 19.8 Å². The molecule has 1 N–H and O–H groups in total. The largest absolute Gasteiger partial charge is 0.336 e. The summed E-state index contributed by atoms with van der Waals surface area (Å²) < 4.78 is 2.11. The molecule has 0 radical (unpaired) electrons. The van der Waals surface area contributed by atoms with Crippen LogP contribution in [0.2, 0.25) is 0 Å². The van der Waals surface area contributed by atoms with Crippen LogP contribution in [0.4, 0.5) is 0 Å². The lowest BCUT2D eigenvalue weighted by molar-refractivity contribution is 0.474. The number of nitrogens with one attached hydrogen (secondary N) is 1. The van der Waals surface area contributed by atoms with Gasteiger partial charge in [0, 0.05) is 31.0 Å². The highest BCUT2D eigenvalue weighted by Gasteiger charge is 2.22. The minimum atomic E-state index is 0.562. The Hall–Kier alpha value is -0.830. The van der Waals surface area contributed by atoms with Crippen molar-refractivity contribution in [2.24, 2.45) is 0 Å². The van der Waals surface area contributed by atoms with Crippen LogP contribution in [-0.4, -0.2) is 21.6 Å². The lowest BCUT2D eigenvalue weighted by Gasteiger charge is -2.13. The van der Waals surface area contributed by atoms with E-state index in [4.69, 9.17) is 0 Å². The maximum Gasteiger partial charge on any atom is 0.0946 e. The second-order valence-corrected chi connectivity index (χ2v) is 3.60. The number of hydrogen-bond acceptors (Lipinski definition) is 2. The highest BCUT2D eigenvalue weighted by Crippen LogP contribution is 2.19. The third kappa shape index (κ3) is 2.08. The molecule has 0 aliphatic heterocycles. The molecule has 3 heteroatoms. The molecule has 1 aromatic heterocycles. The topological polar surface area (TPSA) is 29.9 Å². The summed E-state index contributed by atoms with van der Waals surface area (Å²) >= 11 is 0. The molecule has 0 aromatic carbocycles. The molecule has 66 valence electrons. The van der Waals surface area contributed by atoms with E-state index < -0.39 is 0 Å². The van der Waals surface area contributed by atoms with Crippen molar-refractivity contribution in [2.45, 2.75) is 38.4 Å². The van der Waals surface area contributed by atoms with Crippen LogP contribution in [0, 0.1) is 0 Å². The van der Waals surface area contributed by atoms with Gasteiger partial charge in [0.1, 0.15) is 0 Å². The van der Waals surface area contributed by atoms with Gasteiger partial charge in [0.25, 0.3) is 0 Å². The minimum absolute atomic E-state index is 0.562. The molecular formula is C9H15N3. The van der Waals surface area contributed by atoms with Gasteiger partial charge in [-0.2, -0.15) is 0 Å². The summed E-state index contributed by atoms with van der Waals surface area (Å²) in [4.78, 5) is 4.01. The summed E-state index contributed by atoms with van der Waals surface area (Å²) in [7, 11) is 0. The molecule has 1 saturated carbocycles. The number of hydrogen-bond donors (Lipinski definition) is 1. The van der Waals surface area contributed by atoms with Crippen LogP contribution in [0.3, 0.4) is 0 Å². The molecular weight excluding hydrogens is 150 g/mol. The first-order chi connectivity index (χ1) is 5.84. The zero-order valence-corrected chi connectivity index (χ0v) is 7.40. The molecule has 1 heterocycles. The number of nitrogens with zero attached hydrogens (tertiary/aromatic N) is 2. The summed E-state index contributed by atoms with van der Waals surface area (Å²) in [6.45, 7) is 3.24. The lowest BCUT2D eigenvalue weighted by atomic mass is 10.3. The van der Waals surface area contributed by atoms with Gasteiger partial charge in [0.15, 0.2) is 0 Å². The Kier molecular flexibility index (Phi) is 2.13. The van der Waals surface area contributed by atoms with E-state index in [1.54, 1.807) is 0 Å². The summed E-state index contributed by atoms with van der Waals surface area (Å²) in [5.74, 6) is 0. The average molecular weight is 165 g/mol. The van der Waals surface area contributed by atoms with E-state index in [2.05, 4.69) is 21.8 Å². The normalized spacial score (nSPS) is 19.4. The van der Waals surface area contributed by atoms with Crippen LogP contribution < -0.4 is 5.32 Å².